The minimum Gasteiger partial charge on any atom is -0.455 e. The summed E-state index contributed by atoms with van der Waals surface area (Å²) in [5.41, 5.74) is 20.1. The summed E-state index contributed by atoms with van der Waals surface area (Å²) in [5, 5.41) is 9.19. The molecule has 0 atom stereocenters. The molecule has 16 rings (SSSR count). The maximum Gasteiger partial charge on any atom is 0.333 e. The first-order valence-electron chi connectivity index (χ1n) is 26.4. The van der Waals surface area contributed by atoms with Crippen molar-refractivity contribution < 1.29 is 4.42 Å². The van der Waals surface area contributed by atoms with Gasteiger partial charge in [-0.3, -0.25) is 0 Å². The van der Waals surface area contributed by atoms with E-state index >= 15 is 0 Å². The molecule has 0 saturated heterocycles. The number of aromatic nitrogens is 1. The molecule has 1 aliphatic carbocycles. The highest BCUT2D eigenvalue weighted by atomic mass is 32.1. The molecule has 6 heterocycles. The SMILES string of the molecule is CC(C)(C)c1ccc(N2B3c4cc5oc(-c6ccccc6)c(-c6ccccc6)c5cc4-n4c5cc6c(cc5c5c7sc8ccccc8c7c(c3c54)-c3cc4c(cc32)sc2ccccc24)C(C)(C)CCC6(C)C)cc1. The molecule has 0 amide bonds. The van der Waals surface area contributed by atoms with Gasteiger partial charge in [-0.25, -0.2) is 0 Å². The van der Waals surface area contributed by atoms with Gasteiger partial charge in [0.15, 0.2) is 0 Å². The lowest BCUT2D eigenvalue weighted by Crippen LogP contribution is -2.60. The first-order chi connectivity index (χ1) is 35.8. The van der Waals surface area contributed by atoms with Crippen LogP contribution in [0.15, 0.2) is 174 Å². The molecular weight excluding hydrogens is 936 g/mol. The topological polar surface area (TPSA) is 21.3 Å². The van der Waals surface area contributed by atoms with Crippen molar-refractivity contribution >= 4 is 125 Å². The highest BCUT2D eigenvalue weighted by molar-refractivity contribution is 7.27. The maximum atomic E-state index is 7.35. The number of hydrogen-bond donors (Lipinski definition) is 0. The molecule has 3 aliphatic rings. The second-order valence-electron chi connectivity index (χ2n) is 23.8. The van der Waals surface area contributed by atoms with E-state index in [2.05, 4.69) is 228 Å². The molecular formula is C68H53BN2OS2. The third-order valence-corrected chi connectivity index (χ3v) is 19.9. The molecule has 0 fully saturated rings. The molecule has 6 heteroatoms. The summed E-state index contributed by atoms with van der Waals surface area (Å²) in [6, 6.07) is 64.7. The molecule has 0 saturated carbocycles. The van der Waals surface area contributed by atoms with Crippen molar-refractivity contribution in [3.8, 4) is 39.3 Å². The van der Waals surface area contributed by atoms with Crippen LogP contribution in [0.5, 0.6) is 0 Å². The van der Waals surface area contributed by atoms with Crippen molar-refractivity contribution in [3.63, 3.8) is 0 Å². The number of anilines is 2. The lowest BCUT2D eigenvalue weighted by molar-refractivity contribution is 0.332. The summed E-state index contributed by atoms with van der Waals surface area (Å²) >= 11 is 3.89. The van der Waals surface area contributed by atoms with Crippen LogP contribution in [0.2, 0.25) is 0 Å². The zero-order chi connectivity index (χ0) is 49.7. The number of furan rings is 1. The van der Waals surface area contributed by atoms with Gasteiger partial charge in [-0.1, -0.05) is 158 Å². The van der Waals surface area contributed by atoms with Gasteiger partial charge >= 0.3 is 6.85 Å². The largest absolute Gasteiger partial charge is 0.455 e. The third kappa shape index (κ3) is 5.73. The molecule has 9 aromatic carbocycles. The molecule has 4 aromatic heterocycles. The second kappa shape index (κ2) is 14.7. The number of hydrogen-bond acceptors (Lipinski definition) is 4. The summed E-state index contributed by atoms with van der Waals surface area (Å²) < 4.78 is 15.4. The quantitative estimate of drug-likeness (QED) is 0.165. The van der Waals surface area contributed by atoms with E-state index in [0.29, 0.717) is 0 Å². The van der Waals surface area contributed by atoms with E-state index in [-0.39, 0.29) is 23.1 Å². The van der Waals surface area contributed by atoms with Crippen LogP contribution in [-0.2, 0) is 16.2 Å². The summed E-state index contributed by atoms with van der Waals surface area (Å²) in [6.07, 6.45) is 2.31. The lowest BCUT2D eigenvalue weighted by Gasteiger charge is -2.42. The Kier molecular flexibility index (Phi) is 8.54. The smallest absolute Gasteiger partial charge is 0.333 e. The zero-order valence-corrected chi connectivity index (χ0v) is 44.4. The molecule has 3 nitrogen and oxygen atoms in total. The number of fused-ring (bicyclic) bond motifs is 18. The standard InChI is InChI=1S/C68H53BN2OS2/c1-66(2,3)40-26-28-41(29-27-40)71-52-37-57-44(42-22-14-16-24-55(42)73-57)32-45(52)59-60-43-23-15-17-25-56(43)74-65(60)61-46-33-48-49(68(6,7)31-30-67(48,4)5)35-51(46)70-53-34-47-54(36-50(53)69(71)62(59)63(61)70)72-64(39-20-12-9-13-21-39)58(47)38-18-10-8-11-19-38/h8-29,32-37H,30-31H2,1-7H3. The van der Waals surface area contributed by atoms with Gasteiger partial charge in [-0.15, -0.1) is 22.7 Å². The molecule has 0 spiro atoms. The van der Waals surface area contributed by atoms with E-state index in [4.69, 9.17) is 4.42 Å². The van der Waals surface area contributed by atoms with Crippen molar-refractivity contribution in [2.24, 2.45) is 0 Å². The number of rotatable bonds is 3. The molecule has 0 unspecified atom stereocenters. The second-order valence-corrected chi connectivity index (χ2v) is 25.9. The molecule has 2 aliphatic heterocycles. The number of thiophene rings is 2. The predicted molar refractivity (Wildman–Crippen MR) is 320 cm³/mol. The minimum atomic E-state index is -0.195. The molecule has 74 heavy (non-hydrogen) atoms. The van der Waals surface area contributed by atoms with Crippen LogP contribution in [0.4, 0.5) is 11.4 Å². The van der Waals surface area contributed by atoms with Crippen molar-refractivity contribution in [3.05, 3.63) is 187 Å². The van der Waals surface area contributed by atoms with Gasteiger partial charge in [-0.2, -0.15) is 0 Å². The highest BCUT2D eigenvalue weighted by Crippen LogP contribution is 2.56. The fourth-order valence-electron chi connectivity index (χ4n) is 13.7. The monoisotopic (exact) mass is 988 g/mol. The van der Waals surface area contributed by atoms with Crippen molar-refractivity contribution in [1.82, 2.24) is 4.57 Å². The van der Waals surface area contributed by atoms with Crippen LogP contribution in [-0.4, -0.2) is 11.4 Å². The van der Waals surface area contributed by atoms with Crippen LogP contribution in [0.3, 0.4) is 0 Å². The Bertz CT molecular complexity index is 4580. The Morgan fingerprint density at radius 3 is 1.91 bits per heavy atom. The summed E-state index contributed by atoms with van der Waals surface area (Å²) in [7, 11) is 0. The van der Waals surface area contributed by atoms with E-state index in [1.165, 1.54) is 118 Å². The van der Waals surface area contributed by atoms with Gasteiger partial charge in [0.05, 0.1) is 11.0 Å². The average molecular weight is 989 g/mol. The van der Waals surface area contributed by atoms with Gasteiger partial charge in [0.25, 0.3) is 0 Å². The van der Waals surface area contributed by atoms with Crippen LogP contribution in [0.25, 0.3) is 112 Å². The zero-order valence-electron chi connectivity index (χ0n) is 42.8. The van der Waals surface area contributed by atoms with Gasteiger partial charge < -0.3 is 13.8 Å². The summed E-state index contributed by atoms with van der Waals surface area (Å²) in [4.78, 5) is 2.72. The lowest BCUT2D eigenvalue weighted by atomic mass is 9.43. The Hall–Kier alpha value is -7.38. The van der Waals surface area contributed by atoms with E-state index in [0.717, 1.165) is 46.3 Å². The molecule has 0 bridgehead atoms. The van der Waals surface area contributed by atoms with E-state index in [1.807, 2.05) is 22.7 Å². The average Bonchev–Trinajstić information content (AvgIpc) is 4.17. The van der Waals surface area contributed by atoms with Gasteiger partial charge in [0.2, 0.25) is 0 Å². The van der Waals surface area contributed by atoms with Crippen LogP contribution in [0, 0.1) is 0 Å². The first-order valence-corrected chi connectivity index (χ1v) is 28.0. The highest BCUT2D eigenvalue weighted by Gasteiger charge is 2.47. The van der Waals surface area contributed by atoms with Crippen molar-refractivity contribution in [2.75, 3.05) is 4.81 Å². The number of nitrogens with zero attached hydrogens (tertiary/aromatic N) is 2. The Labute approximate surface area is 439 Å². The van der Waals surface area contributed by atoms with Crippen LogP contribution in [0.1, 0.15) is 78.0 Å². The summed E-state index contributed by atoms with van der Waals surface area (Å²) in [5.74, 6) is 0.899. The normalized spacial score (nSPS) is 15.6. The van der Waals surface area contributed by atoms with Crippen LogP contribution < -0.4 is 15.7 Å². The molecule has 0 N–H and O–H groups in total. The Morgan fingerprint density at radius 2 is 1.19 bits per heavy atom. The van der Waals surface area contributed by atoms with E-state index in [1.54, 1.807) is 0 Å². The minimum absolute atomic E-state index is 0.00440. The first kappa shape index (κ1) is 43.1. The van der Waals surface area contributed by atoms with Crippen molar-refractivity contribution in [2.45, 2.75) is 77.6 Å². The molecule has 0 radical (unpaired) electrons. The molecule has 356 valence electrons. The van der Waals surface area contributed by atoms with E-state index in [9.17, 15) is 0 Å². The fourth-order valence-corrected chi connectivity index (χ4v) is 16.1. The van der Waals surface area contributed by atoms with Gasteiger partial charge in [0, 0.05) is 90.3 Å². The number of benzene rings is 9. The van der Waals surface area contributed by atoms with Crippen LogP contribution >= 0.6 is 22.7 Å². The maximum absolute atomic E-state index is 7.35. The third-order valence-electron chi connectivity index (χ3n) is 17.6. The van der Waals surface area contributed by atoms with Gasteiger partial charge in [-0.05, 0) is 128 Å². The summed E-state index contributed by atoms with van der Waals surface area (Å²) in [6.45, 7) is 16.7. The van der Waals surface area contributed by atoms with Gasteiger partial charge in [0.1, 0.15) is 11.3 Å². The van der Waals surface area contributed by atoms with Crippen molar-refractivity contribution in [1.29, 1.82) is 0 Å². The Morgan fingerprint density at radius 1 is 0.541 bits per heavy atom. The molecule has 13 aromatic rings. The predicted octanol–water partition coefficient (Wildman–Crippen LogP) is 18.5. The van der Waals surface area contributed by atoms with E-state index < -0.39 is 0 Å². The fraction of sp³-hybridized carbons (Fsp3) is 0.176. The Balaban J connectivity index is 1.15.